The molecule has 15 heavy (non-hydrogen) atoms. The smallest absolute Gasteiger partial charge is 0.405 e. The van der Waals surface area contributed by atoms with E-state index in [-0.39, 0.29) is 0 Å². The molecule has 1 rings (SSSR count). The minimum atomic E-state index is -1.27. The van der Waals surface area contributed by atoms with Gasteiger partial charge in [0.2, 0.25) is 0 Å². The summed E-state index contributed by atoms with van der Waals surface area (Å²) in [6.07, 6.45) is -2.32. The second-order valence-electron chi connectivity index (χ2n) is 3.09. The zero-order chi connectivity index (χ0) is 11.3. The quantitative estimate of drug-likeness (QED) is 0.578. The highest BCUT2D eigenvalue weighted by Crippen LogP contribution is 2.15. The largest absolute Gasteiger partial charge is 0.465 e. The lowest BCUT2D eigenvalue weighted by Crippen LogP contribution is -2.41. The number of hydrogen-bond acceptors (Lipinski definition) is 3. The van der Waals surface area contributed by atoms with Gasteiger partial charge in [0.25, 0.3) is 0 Å². The number of carboxylic acid groups (broad SMARTS) is 1. The van der Waals surface area contributed by atoms with Gasteiger partial charge in [-0.05, 0) is 5.56 Å². The molecule has 0 aliphatic rings. The Morgan fingerprint density at radius 2 is 1.93 bits per heavy atom. The average molecular weight is 211 g/mol. The number of carbonyl (C=O) groups is 1. The molecule has 82 valence electrons. The van der Waals surface area contributed by atoms with Crippen molar-refractivity contribution in [3.8, 4) is 0 Å². The first-order valence-electron chi connectivity index (χ1n) is 4.48. The fourth-order valence-electron chi connectivity index (χ4n) is 1.27. The minimum absolute atomic E-state index is 0.456. The molecule has 1 amide bonds. The van der Waals surface area contributed by atoms with Crippen molar-refractivity contribution in [2.24, 2.45) is 0 Å². The van der Waals surface area contributed by atoms with E-state index >= 15 is 0 Å². The topological polar surface area (TPSA) is 89.8 Å². The second-order valence-corrected chi connectivity index (χ2v) is 3.09. The molecule has 0 aliphatic heterocycles. The van der Waals surface area contributed by atoms with Crippen LogP contribution in [0, 0.1) is 0 Å². The van der Waals surface area contributed by atoms with Crippen LogP contribution in [0.15, 0.2) is 30.3 Å². The Labute approximate surface area is 87.0 Å². The van der Waals surface area contributed by atoms with Gasteiger partial charge in [-0.1, -0.05) is 30.3 Å². The molecule has 0 aliphatic carbocycles. The van der Waals surface area contributed by atoms with Crippen molar-refractivity contribution in [3.05, 3.63) is 35.9 Å². The summed E-state index contributed by atoms with van der Waals surface area (Å²) in [6, 6.07) is 7.66. The Balaban J connectivity index is 2.73. The van der Waals surface area contributed by atoms with Crippen LogP contribution in [0.3, 0.4) is 0 Å². The summed E-state index contributed by atoms with van der Waals surface area (Å²) >= 11 is 0. The van der Waals surface area contributed by atoms with Gasteiger partial charge >= 0.3 is 6.09 Å². The van der Waals surface area contributed by atoms with Gasteiger partial charge in [0, 0.05) is 0 Å². The summed E-state index contributed by atoms with van der Waals surface area (Å²) in [5.74, 6) is 0. The van der Waals surface area contributed by atoms with Crippen LogP contribution in [0.2, 0.25) is 0 Å². The Hall–Kier alpha value is -1.59. The van der Waals surface area contributed by atoms with Gasteiger partial charge in [-0.2, -0.15) is 0 Å². The van der Waals surface area contributed by atoms with Crippen molar-refractivity contribution < 1.29 is 20.1 Å². The van der Waals surface area contributed by atoms with Crippen LogP contribution < -0.4 is 5.32 Å². The van der Waals surface area contributed by atoms with E-state index in [2.05, 4.69) is 0 Å². The molecule has 4 N–H and O–H groups in total. The molecule has 0 saturated heterocycles. The fraction of sp³-hybridized carbons (Fsp3) is 0.300. The highest BCUT2D eigenvalue weighted by molar-refractivity contribution is 5.65. The van der Waals surface area contributed by atoms with Gasteiger partial charge in [-0.15, -0.1) is 0 Å². The van der Waals surface area contributed by atoms with E-state index in [1.807, 2.05) is 5.32 Å². The second kappa shape index (κ2) is 5.33. The van der Waals surface area contributed by atoms with Crippen molar-refractivity contribution in [2.45, 2.75) is 12.1 Å². The lowest BCUT2D eigenvalue weighted by atomic mass is 10.0. The lowest BCUT2D eigenvalue weighted by Gasteiger charge is -2.20. The van der Waals surface area contributed by atoms with Crippen molar-refractivity contribution in [3.63, 3.8) is 0 Å². The first kappa shape index (κ1) is 11.5. The van der Waals surface area contributed by atoms with E-state index in [0.717, 1.165) is 0 Å². The van der Waals surface area contributed by atoms with Crippen LogP contribution in [0.25, 0.3) is 0 Å². The third-order valence-electron chi connectivity index (χ3n) is 2.03. The normalized spacial score (nSPS) is 14.3. The highest BCUT2D eigenvalue weighted by atomic mass is 16.4. The van der Waals surface area contributed by atoms with Gasteiger partial charge in [0.05, 0.1) is 12.6 Å². The van der Waals surface area contributed by atoms with Crippen LogP contribution in [0.4, 0.5) is 4.79 Å². The lowest BCUT2D eigenvalue weighted by molar-refractivity contribution is 0.0868. The van der Waals surface area contributed by atoms with E-state index < -0.39 is 24.8 Å². The van der Waals surface area contributed by atoms with Crippen LogP contribution in [-0.2, 0) is 0 Å². The van der Waals surface area contributed by atoms with E-state index in [4.69, 9.17) is 10.2 Å². The Morgan fingerprint density at radius 1 is 1.33 bits per heavy atom. The SMILES string of the molecule is O=C(O)N[C@H](CO)[C@H](O)c1ccccc1. The predicted molar refractivity (Wildman–Crippen MR) is 53.4 cm³/mol. The van der Waals surface area contributed by atoms with Crippen LogP contribution in [0.5, 0.6) is 0 Å². The average Bonchev–Trinajstić information content (AvgIpc) is 2.26. The molecule has 1 aromatic rings. The van der Waals surface area contributed by atoms with Crippen molar-refractivity contribution in [1.29, 1.82) is 0 Å². The third kappa shape index (κ3) is 3.23. The number of aliphatic hydroxyl groups excluding tert-OH is 2. The maximum Gasteiger partial charge on any atom is 0.405 e. The zero-order valence-corrected chi connectivity index (χ0v) is 8.00. The maximum atomic E-state index is 10.4. The Kier molecular flexibility index (Phi) is 4.08. The molecule has 5 nitrogen and oxygen atoms in total. The van der Waals surface area contributed by atoms with Gasteiger partial charge in [0.15, 0.2) is 0 Å². The highest BCUT2D eigenvalue weighted by Gasteiger charge is 2.21. The van der Waals surface area contributed by atoms with Crippen LogP contribution in [0.1, 0.15) is 11.7 Å². The standard InChI is InChI=1S/C10H13NO4/c12-6-8(11-10(14)15)9(13)7-4-2-1-3-5-7/h1-5,8-9,11-13H,6H2,(H,14,15)/t8-,9-/m1/s1. The summed E-state index contributed by atoms with van der Waals surface area (Å²) in [5, 5.41) is 29.2. The van der Waals surface area contributed by atoms with E-state index in [1.165, 1.54) is 0 Å². The number of amides is 1. The first-order valence-corrected chi connectivity index (χ1v) is 4.48. The molecular formula is C10H13NO4. The van der Waals surface area contributed by atoms with Gasteiger partial charge in [0.1, 0.15) is 6.10 Å². The summed E-state index contributed by atoms with van der Waals surface area (Å²) in [4.78, 5) is 10.4. The summed E-state index contributed by atoms with van der Waals surface area (Å²) in [5.41, 5.74) is 0.560. The van der Waals surface area contributed by atoms with E-state index in [0.29, 0.717) is 5.56 Å². The van der Waals surface area contributed by atoms with Crippen LogP contribution in [-0.4, -0.2) is 34.1 Å². The molecule has 0 bridgehead atoms. The molecule has 0 spiro atoms. The van der Waals surface area contributed by atoms with Crippen molar-refractivity contribution in [2.75, 3.05) is 6.61 Å². The molecule has 2 atom stereocenters. The number of benzene rings is 1. The molecule has 0 fully saturated rings. The summed E-state index contributed by atoms with van der Waals surface area (Å²) in [7, 11) is 0. The molecule has 0 unspecified atom stereocenters. The number of nitrogens with one attached hydrogen (secondary N) is 1. The minimum Gasteiger partial charge on any atom is -0.465 e. The fourth-order valence-corrected chi connectivity index (χ4v) is 1.27. The van der Waals surface area contributed by atoms with Gasteiger partial charge in [-0.3, -0.25) is 0 Å². The first-order chi connectivity index (χ1) is 7.15. The Bertz CT molecular complexity index is 314. The number of rotatable bonds is 4. The molecule has 1 aromatic carbocycles. The van der Waals surface area contributed by atoms with Gasteiger partial charge in [-0.25, -0.2) is 4.79 Å². The molecule has 0 saturated carbocycles. The van der Waals surface area contributed by atoms with E-state index in [1.54, 1.807) is 30.3 Å². The monoisotopic (exact) mass is 211 g/mol. The van der Waals surface area contributed by atoms with Crippen molar-refractivity contribution in [1.82, 2.24) is 5.32 Å². The summed E-state index contributed by atoms with van der Waals surface area (Å²) in [6.45, 7) is -0.456. The molecule has 0 aromatic heterocycles. The summed E-state index contributed by atoms with van der Waals surface area (Å²) < 4.78 is 0. The molecule has 0 radical (unpaired) electrons. The number of aliphatic hydroxyl groups is 2. The molecule has 0 heterocycles. The third-order valence-corrected chi connectivity index (χ3v) is 2.03. The van der Waals surface area contributed by atoms with Gasteiger partial charge < -0.3 is 20.6 Å². The molecule has 5 heteroatoms. The predicted octanol–water partition coefficient (Wildman–Crippen LogP) is 0.348. The van der Waals surface area contributed by atoms with Crippen LogP contribution >= 0.6 is 0 Å². The zero-order valence-electron chi connectivity index (χ0n) is 8.00. The molecular weight excluding hydrogens is 198 g/mol. The Morgan fingerprint density at radius 3 is 2.40 bits per heavy atom. The van der Waals surface area contributed by atoms with Crippen molar-refractivity contribution >= 4 is 6.09 Å². The van der Waals surface area contributed by atoms with E-state index in [9.17, 15) is 9.90 Å². The number of hydrogen-bond donors (Lipinski definition) is 4. The maximum absolute atomic E-state index is 10.4.